The van der Waals surface area contributed by atoms with Crippen molar-refractivity contribution in [1.29, 1.82) is 0 Å². The van der Waals surface area contributed by atoms with Crippen LogP contribution in [-0.4, -0.2) is 38.7 Å². The molecule has 0 aliphatic heterocycles. The maximum absolute atomic E-state index is 11.9. The summed E-state index contributed by atoms with van der Waals surface area (Å²) >= 11 is 0. The molecule has 2 rings (SSSR count). The van der Waals surface area contributed by atoms with Gasteiger partial charge in [0, 0.05) is 12.4 Å². The Morgan fingerprint density at radius 1 is 1.37 bits per heavy atom. The van der Waals surface area contributed by atoms with Gasteiger partial charge in [0.25, 0.3) is 0 Å². The van der Waals surface area contributed by atoms with Crippen LogP contribution in [-0.2, 0) is 0 Å². The van der Waals surface area contributed by atoms with Crippen molar-refractivity contribution < 1.29 is 22.5 Å². The maximum Gasteiger partial charge on any atom is 0.405 e. The summed E-state index contributed by atoms with van der Waals surface area (Å²) in [6.07, 6.45) is -0.401. The van der Waals surface area contributed by atoms with E-state index in [-0.39, 0.29) is 11.5 Å². The predicted octanol–water partition coefficient (Wildman–Crippen LogP) is 0.819. The van der Waals surface area contributed by atoms with E-state index in [2.05, 4.69) is 24.6 Å². The van der Waals surface area contributed by atoms with E-state index in [4.69, 9.17) is 0 Å². The van der Waals surface area contributed by atoms with Crippen LogP contribution in [0, 0.1) is 0 Å². The zero-order valence-corrected chi connectivity index (χ0v) is 9.18. The molecule has 100 valence electrons. The van der Waals surface area contributed by atoms with E-state index in [9.17, 15) is 18.0 Å². The summed E-state index contributed by atoms with van der Waals surface area (Å²) in [4.78, 5) is 22.5. The van der Waals surface area contributed by atoms with Crippen molar-refractivity contribution in [1.82, 2.24) is 25.4 Å². The fraction of sp³-hybridized carbons (Fsp3) is 0.222. The fourth-order valence-electron chi connectivity index (χ4n) is 1.09. The third-order valence-electron chi connectivity index (χ3n) is 1.86. The predicted molar refractivity (Wildman–Crippen MR) is 53.7 cm³/mol. The fourth-order valence-corrected chi connectivity index (χ4v) is 1.09. The molecule has 0 saturated heterocycles. The highest BCUT2D eigenvalue weighted by atomic mass is 19.4. The molecule has 0 unspecified atom stereocenters. The van der Waals surface area contributed by atoms with E-state index >= 15 is 0 Å². The molecule has 0 fully saturated rings. The number of rotatable bonds is 3. The second-order valence-electron chi connectivity index (χ2n) is 3.31. The molecule has 0 spiro atoms. The Morgan fingerprint density at radius 2 is 2.16 bits per heavy atom. The number of aromatic nitrogens is 4. The van der Waals surface area contributed by atoms with E-state index < -0.39 is 24.5 Å². The lowest BCUT2D eigenvalue weighted by atomic mass is 10.4. The Kier molecular flexibility index (Phi) is 3.40. The van der Waals surface area contributed by atoms with Gasteiger partial charge >= 0.3 is 18.0 Å². The maximum atomic E-state index is 11.9. The van der Waals surface area contributed by atoms with E-state index in [0.29, 0.717) is 0 Å². The monoisotopic (exact) mass is 273 g/mol. The summed E-state index contributed by atoms with van der Waals surface area (Å²) in [6, 6.07) is 0. The molecular weight excluding hydrogens is 267 g/mol. The first-order valence-corrected chi connectivity index (χ1v) is 4.91. The zero-order valence-electron chi connectivity index (χ0n) is 9.18. The average Bonchev–Trinajstić information content (AvgIpc) is 2.86. The zero-order chi connectivity index (χ0) is 13.9. The molecule has 0 aliphatic rings. The quantitative estimate of drug-likeness (QED) is 0.889. The van der Waals surface area contributed by atoms with Crippen LogP contribution in [0.5, 0.6) is 0 Å². The number of hydrogen-bond donors (Lipinski definition) is 1. The SMILES string of the molecule is O=C(NCC(F)(F)F)c1nc(-c2cnccn2)no1. The minimum absolute atomic E-state index is 0.0368. The van der Waals surface area contributed by atoms with Crippen LogP contribution in [0.1, 0.15) is 10.7 Å². The van der Waals surface area contributed by atoms with Crippen molar-refractivity contribution in [2.45, 2.75) is 6.18 Å². The van der Waals surface area contributed by atoms with Gasteiger partial charge in [0.2, 0.25) is 5.82 Å². The van der Waals surface area contributed by atoms with Crippen molar-refractivity contribution in [3.8, 4) is 11.5 Å². The molecule has 0 bridgehead atoms. The summed E-state index contributed by atoms with van der Waals surface area (Å²) in [7, 11) is 0. The van der Waals surface area contributed by atoms with Crippen molar-refractivity contribution in [3.63, 3.8) is 0 Å². The Bertz CT molecular complexity index is 569. The van der Waals surface area contributed by atoms with Crippen molar-refractivity contribution >= 4 is 5.91 Å². The molecule has 2 aromatic heterocycles. The first kappa shape index (κ1) is 12.9. The largest absolute Gasteiger partial charge is 0.405 e. The third kappa shape index (κ3) is 3.47. The van der Waals surface area contributed by atoms with Crippen molar-refractivity contribution in [3.05, 3.63) is 24.5 Å². The Balaban J connectivity index is 2.07. The van der Waals surface area contributed by atoms with Crippen LogP contribution in [0.4, 0.5) is 13.2 Å². The molecule has 0 radical (unpaired) electrons. The van der Waals surface area contributed by atoms with Crippen molar-refractivity contribution in [2.24, 2.45) is 0 Å². The number of nitrogens with one attached hydrogen (secondary N) is 1. The Hall–Kier alpha value is -2.52. The van der Waals surface area contributed by atoms with E-state index in [0.717, 1.165) is 0 Å². The number of halogens is 3. The standard InChI is InChI=1S/C9H6F3N5O2/c10-9(11,12)4-15-7(18)8-16-6(17-19-8)5-3-13-1-2-14-5/h1-3H,4H2,(H,15,18). The van der Waals surface area contributed by atoms with Crippen LogP contribution >= 0.6 is 0 Å². The summed E-state index contributed by atoms with van der Waals surface area (Å²) in [5.74, 6) is -1.73. The van der Waals surface area contributed by atoms with Crippen LogP contribution in [0.25, 0.3) is 11.5 Å². The second-order valence-corrected chi connectivity index (χ2v) is 3.31. The van der Waals surface area contributed by atoms with Crippen LogP contribution in [0.3, 0.4) is 0 Å². The van der Waals surface area contributed by atoms with Gasteiger partial charge in [-0.05, 0) is 0 Å². The van der Waals surface area contributed by atoms with Gasteiger partial charge < -0.3 is 9.84 Å². The molecule has 1 N–H and O–H groups in total. The number of alkyl halides is 3. The summed E-state index contributed by atoms with van der Waals surface area (Å²) < 4.78 is 40.2. The summed E-state index contributed by atoms with van der Waals surface area (Å²) in [5, 5.41) is 5.03. The number of carbonyl (C=O) groups excluding carboxylic acids is 1. The van der Waals surface area contributed by atoms with Gasteiger partial charge in [0.05, 0.1) is 6.20 Å². The normalized spacial score (nSPS) is 11.3. The highest BCUT2D eigenvalue weighted by Gasteiger charge is 2.29. The third-order valence-corrected chi connectivity index (χ3v) is 1.86. The van der Waals surface area contributed by atoms with Gasteiger partial charge in [0.1, 0.15) is 12.2 Å². The molecule has 2 aromatic rings. The van der Waals surface area contributed by atoms with Gasteiger partial charge in [-0.15, -0.1) is 0 Å². The highest BCUT2D eigenvalue weighted by molar-refractivity contribution is 5.89. The number of carbonyl (C=O) groups is 1. The number of nitrogens with zero attached hydrogens (tertiary/aromatic N) is 4. The van der Waals surface area contributed by atoms with Crippen LogP contribution < -0.4 is 5.32 Å². The van der Waals surface area contributed by atoms with Crippen LogP contribution in [0.2, 0.25) is 0 Å². The smallest absolute Gasteiger partial charge is 0.339 e. The minimum atomic E-state index is -4.51. The van der Waals surface area contributed by atoms with Gasteiger partial charge in [-0.25, -0.2) is 4.98 Å². The van der Waals surface area contributed by atoms with E-state index in [1.807, 2.05) is 0 Å². The molecule has 10 heteroatoms. The first-order chi connectivity index (χ1) is 8.96. The van der Waals surface area contributed by atoms with E-state index in [1.54, 1.807) is 5.32 Å². The minimum Gasteiger partial charge on any atom is -0.339 e. The topological polar surface area (TPSA) is 93.8 Å². The molecule has 0 aromatic carbocycles. The van der Waals surface area contributed by atoms with Gasteiger partial charge in [-0.3, -0.25) is 9.78 Å². The number of hydrogen-bond acceptors (Lipinski definition) is 6. The molecule has 7 nitrogen and oxygen atoms in total. The second kappa shape index (κ2) is 5.00. The lowest BCUT2D eigenvalue weighted by molar-refractivity contribution is -0.123. The van der Waals surface area contributed by atoms with Gasteiger partial charge in [-0.1, -0.05) is 5.16 Å². The Morgan fingerprint density at radius 3 is 2.79 bits per heavy atom. The van der Waals surface area contributed by atoms with Gasteiger partial charge in [0.15, 0.2) is 0 Å². The molecular formula is C9H6F3N5O2. The molecule has 0 atom stereocenters. The molecule has 0 aliphatic carbocycles. The highest BCUT2D eigenvalue weighted by Crippen LogP contribution is 2.13. The summed E-state index contributed by atoms with van der Waals surface area (Å²) in [6.45, 7) is -1.48. The molecule has 0 saturated carbocycles. The molecule has 2 heterocycles. The molecule has 19 heavy (non-hydrogen) atoms. The lowest BCUT2D eigenvalue weighted by Gasteiger charge is -2.05. The molecule has 1 amide bonds. The van der Waals surface area contributed by atoms with Gasteiger partial charge in [-0.2, -0.15) is 18.2 Å². The summed E-state index contributed by atoms with van der Waals surface area (Å²) in [5.41, 5.74) is 0.237. The Labute approximate surface area is 103 Å². The average molecular weight is 273 g/mol. The first-order valence-electron chi connectivity index (χ1n) is 4.91. The number of amides is 1. The van der Waals surface area contributed by atoms with Crippen LogP contribution in [0.15, 0.2) is 23.1 Å². The van der Waals surface area contributed by atoms with E-state index in [1.165, 1.54) is 18.6 Å². The lowest BCUT2D eigenvalue weighted by Crippen LogP contribution is -2.33. The van der Waals surface area contributed by atoms with Crippen molar-refractivity contribution in [2.75, 3.05) is 6.54 Å².